The van der Waals surface area contributed by atoms with Crippen LogP contribution in [0.5, 0.6) is 0 Å². The molecule has 0 bridgehead atoms. The van der Waals surface area contributed by atoms with E-state index in [1.807, 2.05) is 50.2 Å². The number of nitrogens with two attached hydrogens (primary N) is 1. The number of benzene rings is 2. The van der Waals surface area contributed by atoms with Gasteiger partial charge in [-0.2, -0.15) is 5.26 Å². The summed E-state index contributed by atoms with van der Waals surface area (Å²) in [5.41, 5.74) is 9.98. The van der Waals surface area contributed by atoms with Crippen molar-refractivity contribution in [1.82, 2.24) is 0 Å². The van der Waals surface area contributed by atoms with Crippen LogP contribution in [0, 0.1) is 11.3 Å². The van der Waals surface area contributed by atoms with Crippen LogP contribution in [0.3, 0.4) is 0 Å². The number of rotatable bonds is 3. The van der Waals surface area contributed by atoms with Crippen LogP contribution >= 0.6 is 0 Å². The average molecular weight is 250 g/mol. The molecule has 0 radical (unpaired) electrons. The van der Waals surface area contributed by atoms with E-state index in [0.29, 0.717) is 5.56 Å². The van der Waals surface area contributed by atoms with Gasteiger partial charge in [-0.05, 0) is 49.1 Å². The lowest BCUT2D eigenvalue weighted by molar-refractivity contribution is 0.517. The Morgan fingerprint density at radius 1 is 1.11 bits per heavy atom. The fraction of sp³-hybridized carbons (Fsp3) is 0.235. The summed E-state index contributed by atoms with van der Waals surface area (Å²) in [6, 6.07) is 18.1. The lowest BCUT2D eigenvalue weighted by Crippen LogP contribution is -2.34. The van der Waals surface area contributed by atoms with Crippen LogP contribution in [0.15, 0.2) is 48.5 Å². The summed E-state index contributed by atoms with van der Waals surface area (Å²) in [6.07, 6.45) is 0.806. The van der Waals surface area contributed by atoms with Crippen molar-refractivity contribution in [3.63, 3.8) is 0 Å². The van der Waals surface area contributed by atoms with Crippen molar-refractivity contribution >= 4 is 0 Å². The van der Waals surface area contributed by atoms with Gasteiger partial charge in [0, 0.05) is 5.54 Å². The van der Waals surface area contributed by atoms with Gasteiger partial charge in [-0.3, -0.25) is 0 Å². The monoisotopic (exact) mass is 250 g/mol. The van der Waals surface area contributed by atoms with Gasteiger partial charge >= 0.3 is 0 Å². The highest BCUT2D eigenvalue weighted by Gasteiger charge is 2.14. The van der Waals surface area contributed by atoms with Crippen LogP contribution in [0.1, 0.15) is 25.0 Å². The van der Waals surface area contributed by atoms with E-state index >= 15 is 0 Å². The Morgan fingerprint density at radius 3 is 2.53 bits per heavy atom. The molecule has 96 valence electrons. The Hall–Kier alpha value is -2.11. The predicted octanol–water partition coefficient (Wildman–Crippen LogP) is 3.51. The molecule has 0 saturated heterocycles. The van der Waals surface area contributed by atoms with E-state index in [9.17, 15) is 0 Å². The summed E-state index contributed by atoms with van der Waals surface area (Å²) in [4.78, 5) is 0. The summed E-state index contributed by atoms with van der Waals surface area (Å²) in [7, 11) is 0. The lowest BCUT2D eigenvalue weighted by atomic mass is 9.90. The first-order valence-corrected chi connectivity index (χ1v) is 6.37. The van der Waals surface area contributed by atoms with E-state index < -0.39 is 0 Å². The zero-order valence-electron chi connectivity index (χ0n) is 11.4. The largest absolute Gasteiger partial charge is 0.325 e. The van der Waals surface area contributed by atoms with Gasteiger partial charge in [-0.15, -0.1) is 0 Å². The van der Waals surface area contributed by atoms with Gasteiger partial charge < -0.3 is 5.73 Å². The average Bonchev–Trinajstić information content (AvgIpc) is 2.37. The van der Waals surface area contributed by atoms with E-state index in [4.69, 9.17) is 11.0 Å². The van der Waals surface area contributed by atoms with E-state index in [0.717, 1.165) is 17.5 Å². The number of hydrogen-bond acceptors (Lipinski definition) is 2. The minimum Gasteiger partial charge on any atom is -0.325 e. The maximum atomic E-state index is 8.99. The standard InChI is InChI=1S/C17H18N2/c1-17(2,19)11-15-7-3-4-9-16(15)14-8-5-6-13(10-14)12-18/h3-10H,11,19H2,1-2H3. The minimum absolute atomic E-state index is 0.247. The highest BCUT2D eigenvalue weighted by Crippen LogP contribution is 2.26. The van der Waals surface area contributed by atoms with Crippen molar-refractivity contribution in [2.24, 2.45) is 5.73 Å². The third-order valence-corrected chi connectivity index (χ3v) is 2.97. The van der Waals surface area contributed by atoms with Crippen molar-refractivity contribution in [2.75, 3.05) is 0 Å². The number of nitrogens with zero attached hydrogens (tertiary/aromatic N) is 1. The molecule has 0 aromatic heterocycles. The van der Waals surface area contributed by atoms with Crippen molar-refractivity contribution in [1.29, 1.82) is 5.26 Å². The first-order valence-electron chi connectivity index (χ1n) is 6.37. The maximum Gasteiger partial charge on any atom is 0.0991 e. The SMILES string of the molecule is CC(C)(N)Cc1ccccc1-c1cccc(C#N)c1. The first kappa shape index (κ1) is 13.3. The second kappa shape index (κ2) is 5.26. The molecule has 2 rings (SSSR count). The van der Waals surface area contributed by atoms with Crippen LogP contribution < -0.4 is 5.73 Å². The quantitative estimate of drug-likeness (QED) is 0.906. The van der Waals surface area contributed by atoms with Gasteiger partial charge in [-0.25, -0.2) is 0 Å². The molecular weight excluding hydrogens is 232 g/mol. The van der Waals surface area contributed by atoms with Crippen LogP contribution in [0.4, 0.5) is 0 Å². The molecule has 0 heterocycles. The highest BCUT2D eigenvalue weighted by molar-refractivity contribution is 5.69. The van der Waals surface area contributed by atoms with Crippen LogP contribution in [0.2, 0.25) is 0 Å². The molecule has 0 unspecified atom stereocenters. The van der Waals surface area contributed by atoms with Crippen molar-refractivity contribution in [3.8, 4) is 17.2 Å². The Labute approximate surface area is 114 Å². The highest BCUT2D eigenvalue weighted by atomic mass is 14.7. The molecule has 2 heteroatoms. The molecular formula is C17H18N2. The normalized spacial score (nSPS) is 11.1. The molecule has 2 aromatic carbocycles. The Morgan fingerprint density at radius 2 is 1.84 bits per heavy atom. The second-order valence-electron chi connectivity index (χ2n) is 5.52. The van der Waals surface area contributed by atoms with E-state index in [2.05, 4.69) is 18.2 Å². The summed E-state index contributed by atoms with van der Waals surface area (Å²) in [5.74, 6) is 0. The third-order valence-electron chi connectivity index (χ3n) is 2.97. The summed E-state index contributed by atoms with van der Waals surface area (Å²) in [6.45, 7) is 4.05. The molecule has 0 spiro atoms. The molecule has 0 aliphatic rings. The van der Waals surface area contributed by atoms with Gasteiger partial charge in [0.15, 0.2) is 0 Å². The third kappa shape index (κ3) is 3.43. The lowest BCUT2D eigenvalue weighted by Gasteiger charge is -2.20. The molecule has 2 aromatic rings. The smallest absolute Gasteiger partial charge is 0.0991 e. The van der Waals surface area contributed by atoms with Crippen molar-refractivity contribution < 1.29 is 0 Å². The van der Waals surface area contributed by atoms with Crippen LogP contribution in [0.25, 0.3) is 11.1 Å². The van der Waals surface area contributed by atoms with Gasteiger partial charge in [0.1, 0.15) is 0 Å². The fourth-order valence-electron chi connectivity index (χ4n) is 2.20. The van der Waals surface area contributed by atoms with E-state index in [1.54, 1.807) is 0 Å². The summed E-state index contributed by atoms with van der Waals surface area (Å²) >= 11 is 0. The van der Waals surface area contributed by atoms with E-state index in [-0.39, 0.29) is 5.54 Å². The Kier molecular flexibility index (Phi) is 3.69. The predicted molar refractivity (Wildman–Crippen MR) is 78.6 cm³/mol. The molecule has 0 saturated carbocycles. The van der Waals surface area contributed by atoms with Crippen LogP contribution in [-0.2, 0) is 6.42 Å². The van der Waals surface area contributed by atoms with Gasteiger partial charge in [-0.1, -0.05) is 36.4 Å². The summed E-state index contributed by atoms with van der Waals surface area (Å²) in [5, 5.41) is 8.99. The Bertz CT molecular complexity index is 616. The number of hydrogen-bond donors (Lipinski definition) is 1. The first-order chi connectivity index (χ1) is 8.99. The second-order valence-corrected chi connectivity index (χ2v) is 5.52. The van der Waals surface area contributed by atoms with Crippen LogP contribution in [-0.4, -0.2) is 5.54 Å². The minimum atomic E-state index is -0.247. The van der Waals surface area contributed by atoms with Crippen molar-refractivity contribution in [3.05, 3.63) is 59.7 Å². The maximum absolute atomic E-state index is 8.99. The molecule has 0 aliphatic carbocycles. The van der Waals surface area contributed by atoms with E-state index in [1.165, 1.54) is 5.56 Å². The summed E-state index contributed by atoms with van der Waals surface area (Å²) < 4.78 is 0. The van der Waals surface area contributed by atoms with Crippen molar-refractivity contribution in [2.45, 2.75) is 25.8 Å². The Balaban J connectivity index is 2.47. The molecule has 0 amide bonds. The zero-order valence-corrected chi connectivity index (χ0v) is 11.4. The van der Waals surface area contributed by atoms with Gasteiger partial charge in [0.2, 0.25) is 0 Å². The zero-order chi connectivity index (χ0) is 13.9. The fourth-order valence-corrected chi connectivity index (χ4v) is 2.20. The topological polar surface area (TPSA) is 49.8 Å². The molecule has 19 heavy (non-hydrogen) atoms. The van der Waals surface area contributed by atoms with Gasteiger partial charge in [0.25, 0.3) is 0 Å². The molecule has 0 fully saturated rings. The number of nitriles is 1. The molecule has 0 aliphatic heterocycles. The molecule has 0 atom stereocenters. The molecule has 2 N–H and O–H groups in total. The van der Waals surface area contributed by atoms with Gasteiger partial charge in [0.05, 0.1) is 11.6 Å². The molecule has 2 nitrogen and oxygen atoms in total.